The van der Waals surface area contributed by atoms with Crippen molar-refractivity contribution in [3.05, 3.63) is 101 Å². The summed E-state index contributed by atoms with van der Waals surface area (Å²) in [5.41, 5.74) is 1.21. The number of carbonyl (C=O) groups excluding carboxylic acids is 3. The van der Waals surface area contributed by atoms with E-state index in [0.29, 0.717) is 21.9 Å². The van der Waals surface area contributed by atoms with Crippen molar-refractivity contribution >= 4 is 29.2 Å². The van der Waals surface area contributed by atoms with Crippen molar-refractivity contribution in [1.29, 1.82) is 0 Å². The van der Waals surface area contributed by atoms with Gasteiger partial charge in [0.2, 0.25) is 6.10 Å². The second kappa shape index (κ2) is 7.89. The molecule has 1 aliphatic rings. The third-order valence-electron chi connectivity index (χ3n) is 4.67. The van der Waals surface area contributed by atoms with Gasteiger partial charge in [-0.3, -0.25) is 19.3 Å². The predicted molar refractivity (Wildman–Crippen MR) is 108 cm³/mol. The molecule has 0 bridgehead atoms. The van der Waals surface area contributed by atoms with Gasteiger partial charge in [0.05, 0.1) is 12.1 Å². The minimum Gasteiger partial charge on any atom is -0.475 e. The molecule has 144 valence electrons. The van der Waals surface area contributed by atoms with Crippen molar-refractivity contribution in [1.82, 2.24) is 4.90 Å². The first-order valence-corrected chi connectivity index (χ1v) is 9.37. The van der Waals surface area contributed by atoms with Crippen LogP contribution in [0.15, 0.2) is 78.9 Å². The summed E-state index contributed by atoms with van der Waals surface area (Å²) in [7, 11) is 0. The number of ketones is 1. The number of carbonyl (C=O) groups is 3. The topological polar surface area (TPSA) is 63.7 Å². The van der Waals surface area contributed by atoms with Crippen LogP contribution in [0.2, 0.25) is 5.02 Å². The Morgan fingerprint density at radius 2 is 1.55 bits per heavy atom. The fraction of sp³-hybridized carbons (Fsp3) is 0.0870. The minimum atomic E-state index is -1.03. The third-order valence-corrected chi connectivity index (χ3v) is 4.92. The lowest BCUT2D eigenvalue weighted by atomic mass is 10.1. The number of nitrogens with zero attached hydrogens (tertiary/aromatic N) is 1. The maximum atomic E-state index is 13.3. The van der Waals surface area contributed by atoms with Crippen molar-refractivity contribution in [3.63, 3.8) is 0 Å². The van der Waals surface area contributed by atoms with E-state index in [4.69, 9.17) is 16.3 Å². The number of fused-ring (bicyclic) bond motifs is 1. The molecule has 1 atom stereocenters. The number of imide groups is 1. The zero-order valence-electron chi connectivity index (χ0n) is 15.2. The van der Waals surface area contributed by atoms with E-state index in [1.54, 1.807) is 72.8 Å². The number of para-hydroxylation sites is 1. The molecule has 0 aliphatic carbocycles. The van der Waals surface area contributed by atoms with Gasteiger partial charge in [0.1, 0.15) is 5.75 Å². The van der Waals surface area contributed by atoms with Crippen molar-refractivity contribution in [2.75, 3.05) is 6.54 Å². The summed E-state index contributed by atoms with van der Waals surface area (Å²) in [5, 5.41) is 0.495. The number of Topliss-reactive ketones (excluding diaryl/α,β-unsaturated/α-hetero) is 1. The van der Waals surface area contributed by atoms with Crippen LogP contribution in [-0.2, 0) is 4.79 Å². The van der Waals surface area contributed by atoms with E-state index in [1.165, 1.54) is 0 Å². The van der Waals surface area contributed by atoms with Crippen LogP contribution >= 0.6 is 11.6 Å². The van der Waals surface area contributed by atoms with Crippen molar-refractivity contribution < 1.29 is 19.1 Å². The fourth-order valence-corrected chi connectivity index (χ4v) is 3.30. The van der Waals surface area contributed by atoms with Gasteiger partial charge in [0, 0.05) is 16.1 Å². The number of amides is 2. The number of benzene rings is 3. The molecule has 4 rings (SSSR count). The van der Waals surface area contributed by atoms with E-state index in [1.807, 2.05) is 6.07 Å². The van der Waals surface area contributed by atoms with Gasteiger partial charge in [-0.15, -0.1) is 0 Å². The van der Waals surface area contributed by atoms with Gasteiger partial charge in [0.25, 0.3) is 11.8 Å². The fourth-order valence-electron chi connectivity index (χ4n) is 3.17. The van der Waals surface area contributed by atoms with E-state index in [9.17, 15) is 14.4 Å². The second-order valence-corrected chi connectivity index (χ2v) is 7.00. The van der Waals surface area contributed by atoms with Crippen molar-refractivity contribution in [2.45, 2.75) is 6.10 Å². The van der Waals surface area contributed by atoms with Crippen molar-refractivity contribution in [3.8, 4) is 5.75 Å². The molecule has 0 aromatic heterocycles. The van der Waals surface area contributed by atoms with Crippen LogP contribution in [0.3, 0.4) is 0 Å². The van der Waals surface area contributed by atoms with Crippen LogP contribution < -0.4 is 4.74 Å². The van der Waals surface area contributed by atoms with Crippen LogP contribution in [-0.4, -0.2) is 29.0 Å². The molecule has 0 unspecified atom stereocenters. The Hall–Kier alpha value is -3.44. The monoisotopic (exact) mass is 405 g/mol. The highest BCUT2D eigenvalue weighted by Crippen LogP contribution is 2.32. The standard InChI is InChI=1S/C23H16ClNO4/c24-17-12-10-15(11-13-17)19(26)14-25-22(27)18-8-4-5-9-20(18)29-21(23(25)28)16-6-2-1-3-7-16/h1-13,21H,14H2/t21-/m1/s1. The van der Waals surface area contributed by atoms with Gasteiger partial charge in [0.15, 0.2) is 5.78 Å². The molecule has 0 N–H and O–H groups in total. The minimum absolute atomic E-state index is 0.239. The molecule has 0 radical (unpaired) electrons. The molecule has 3 aromatic carbocycles. The molecule has 0 fully saturated rings. The molecule has 29 heavy (non-hydrogen) atoms. The highest BCUT2D eigenvalue weighted by Gasteiger charge is 2.38. The van der Waals surface area contributed by atoms with Crippen LogP contribution in [0, 0.1) is 0 Å². The molecule has 0 spiro atoms. The molecule has 6 heteroatoms. The summed E-state index contributed by atoms with van der Waals surface area (Å²) in [4.78, 5) is 40.1. The summed E-state index contributed by atoms with van der Waals surface area (Å²) in [6.07, 6.45) is -1.03. The van der Waals surface area contributed by atoms with Gasteiger partial charge in [-0.1, -0.05) is 54.1 Å². The Labute approximate surface area is 172 Å². The normalized spacial score (nSPS) is 16.0. The zero-order valence-corrected chi connectivity index (χ0v) is 16.0. The van der Waals surface area contributed by atoms with E-state index in [0.717, 1.165) is 4.90 Å². The van der Waals surface area contributed by atoms with E-state index < -0.39 is 17.9 Å². The Morgan fingerprint density at radius 3 is 2.28 bits per heavy atom. The van der Waals surface area contributed by atoms with Crippen LogP contribution in [0.5, 0.6) is 5.75 Å². The Morgan fingerprint density at radius 1 is 0.897 bits per heavy atom. The largest absolute Gasteiger partial charge is 0.475 e. The lowest BCUT2D eigenvalue weighted by Crippen LogP contribution is -2.42. The molecule has 5 nitrogen and oxygen atoms in total. The summed E-state index contributed by atoms with van der Waals surface area (Å²) < 4.78 is 5.92. The predicted octanol–water partition coefficient (Wildman–Crippen LogP) is 4.33. The number of hydrogen-bond donors (Lipinski definition) is 0. The molecule has 0 saturated carbocycles. The lowest BCUT2D eigenvalue weighted by molar-refractivity contribution is -0.135. The van der Waals surface area contributed by atoms with E-state index >= 15 is 0 Å². The SMILES string of the molecule is O=C(CN1C(=O)c2ccccc2O[C@H](c2ccccc2)C1=O)c1ccc(Cl)cc1. The Kier molecular flexibility index (Phi) is 5.14. The van der Waals surface area contributed by atoms with Crippen molar-refractivity contribution in [2.24, 2.45) is 0 Å². The van der Waals surface area contributed by atoms with Crippen LogP contribution in [0.4, 0.5) is 0 Å². The second-order valence-electron chi connectivity index (χ2n) is 6.56. The number of hydrogen-bond acceptors (Lipinski definition) is 4. The Bertz CT molecular complexity index is 1080. The summed E-state index contributed by atoms with van der Waals surface area (Å²) in [6.45, 7) is -0.389. The first-order chi connectivity index (χ1) is 14.0. The first-order valence-electron chi connectivity index (χ1n) is 8.99. The van der Waals surface area contributed by atoms with Crippen LogP contribution in [0.1, 0.15) is 32.4 Å². The number of ether oxygens (including phenoxy) is 1. The Balaban J connectivity index is 1.72. The van der Waals surface area contributed by atoms with Gasteiger partial charge in [-0.25, -0.2) is 0 Å². The van der Waals surface area contributed by atoms with E-state index in [2.05, 4.69) is 0 Å². The molecule has 1 aliphatic heterocycles. The summed E-state index contributed by atoms with van der Waals surface area (Å²) in [5.74, 6) is -1.21. The van der Waals surface area contributed by atoms with Gasteiger partial charge >= 0.3 is 0 Å². The molecule has 2 amide bonds. The highest BCUT2D eigenvalue weighted by molar-refractivity contribution is 6.30. The first kappa shape index (κ1) is 18.9. The zero-order chi connectivity index (χ0) is 20.4. The van der Waals surface area contributed by atoms with Gasteiger partial charge in [-0.05, 0) is 36.4 Å². The molecular formula is C23H16ClNO4. The molecule has 1 heterocycles. The smallest absolute Gasteiger partial charge is 0.275 e. The van der Waals surface area contributed by atoms with Gasteiger partial charge in [-0.2, -0.15) is 0 Å². The number of halogens is 1. The third kappa shape index (κ3) is 3.77. The lowest BCUT2D eigenvalue weighted by Gasteiger charge is -2.22. The average Bonchev–Trinajstić information content (AvgIpc) is 2.85. The average molecular weight is 406 g/mol. The van der Waals surface area contributed by atoms with Crippen LogP contribution in [0.25, 0.3) is 0 Å². The number of rotatable bonds is 4. The molecule has 3 aromatic rings. The highest BCUT2D eigenvalue weighted by atomic mass is 35.5. The summed E-state index contributed by atoms with van der Waals surface area (Å²) in [6, 6.07) is 21.8. The molecular weight excluding hydrogens is 390 g/mol. The quantitative estimate of drug-likeness (QED) is 0.479. The summed E-state index contributed by atoms with van der Waals surface area (Å²) >= 11 is 5.87. The maximum Gasteiger partial charge on any atom is 0.275 e. The van der Waals surface area contributed by atoms with E-state index in [-0.39, 0.29) is 17.9 Å². The maximum absolute atomic E-state index is 13.3. The van der Waals surface area contributed by atoms with Gasteiger partial charge < -0.3 is 4.74 Å². The molecule has 0 saturated heterocycles.